The lowest BCUT2D eigenvalue weighted by atomic mass is 10.0. The molecule has 1 saturated heterocycles. The van der Waals surface area contributed by atoms with Gasteiger partial charge in [-0.3, -0.25) is 0 Å². The highest BCUT2D eigenvalue weighted by Gasteiger charge is 2.25. The van der Waals surface area contributed by atoms with Crippen molar-refractivity contribution in [3.63, 3.8) is 0 Å². The topological polar surface area (TPSA) is 24.5 Å². The van der Waals surface area contributed by atoms with E-state index < -0.39 is 0 Å². The number of anilines is 1. The first-order valence-electron chi connectivity index (χ1n) is 8.05. The molecule has 118 valence electrons. The second-order valence-corrected chi connectivity index (χ2v) is 5.70. The molecule has 0 aliphatic carbocycles. The van der Waals surface area contributed by atoms with Gasteiger partial charge in [0.25, 0.3) is 0 Å². The monoisotopic (exact) mass is 294 g/mol. The Balaban J connectivity index is 2.24. The second-order valence-electron chi connectivity index (χ2n) is 5.70. The molecule has 2 unspecified atom stereocenters. The van der Waals surface area contributed by atoms with E-state index in [2.05, 4.69) is 31.0 Å². The van der Waals surface area contributed by atoms with Crippen molar-refractivity contribution in [2.75, 3.05) is 31.1 Å². The summed E-state index contributed by atoms with van der Waals surface area (Å²) >= 11 is 0. The molecule has 2 rings (SSSR count). The molecule has 1 aliphatic rings. The number of hydrogen-bond donors (Lipinski definition) is 1. The van der Waals surface area contributed by atoms with Crippen molar-refractivity contribution in [3.05, 3.63) is 29.6 Å². The smallest absolute Gasteiger partial charge is 0.146 e. The highest BCUT2D eigenvalue weighted by Crippen LogP contribution is 2.31. The van der Waals surface area contributed by atoms with Crippen LogP contribution in [0.2, 0.25) is 0 Å². The summed E-state index contributed by atoms with van der Waals surface area (Å²) in [6, 6.07) is 5.54. The van der Waals surface area contributed by atoms with Gasteiger partial charge in [-0.2, -0.15) is 0 Å². The summed E-state index contributed by atoms with van der Waals surface area (Å²) in [5.41, 5.74) is 1.79. The van der Waals surface area contributed by atoms with Crippen molar-refractivity contribution in [1.29, 1.82) is 0 Å². The van der Waals surface area contributed by atoms with Crippen LogP contribution in [0.25, 0.3) is 0 Å². The molecule has 1 aromatic rings. The molecular formula is C17H27FN2O. The highest BCUT2D eigenvalue weighted by atomic mass is 19.1. The number of para-hydroxylation sites is 1. The van der Waals surface area contributed by atoms with Crippen molar-refractivity contribution < 1.29 is 9.13 Å². The van der Waals surface area contributed by atoms with Crippen LogP contribution in [0, 0.1) is 5.82 Å². The van der Waals surface area contributed by atoms with E-state index in [1.165, 1.54) is 0 Å². The van der Waals surface area contributed by atoms with Crippen LogP contribution in [-0.2, 0) is 4.74 Å². The van der Waals surface area contributed by atoms with Crippen LogP contribution in [0.5, 0.6) is 0 Å². The molecule has 0 aromatic heterocycles. The molecule has 0 saturated carbocycles. The first-order chi connectivity index (χ1) is 10.2. The molecule has 0 spiro atoms. The standard InChI is InChI=1S/C17H27FN2O/c1-4-9-19-13(3)15-7-6-8-16(18)17(15)20-10-11-21-14(5-2)12-20/h6-8,13-14,19H,4-5,9-12H2,1-3H3. The lowest BCUT2D eigenvalue weighted by molar-refractivity contribution is 0.0381. The maximum atomic E-state index is 14.4. The fourth-order valence-electron chi connectivity index (χ4n) is 2.86. The van der Waals surface area contributed by atoms with Gasteiger partial charge in [-0.1, -0.05) is 26.0 Å². The molecule has 1 aliphatic heterocycles. The Morgan fingerprint density at radius 2 is 2.24 bits per heavy atom. The van der Waals surface area contributed by atoms with Gasteiger partial charge in [-0.05, 0) is 37.9 Å². The number of morpholine rings is 1. The number of halogens is 1. The van der Waals surface area contributed by atoms with Crippen LogP contribution in [0.3, 0.4) is 0 Å². The number of ether oxygens (including phenoxy) is 1. The van der Waals surface area contributed by atoms with E-state index in [0.717, 1.165) is 43.7 Å². The molecule has 3 nitrogen and oxygen atoms in total. The van der Waals surface area contributed by atoms with Gasteiger partial charge >= 0.3 is 0 Å². The van der Waals surface area contributed by atoms with Gasteiger partial charge in [0.15, 0.2) is 0 Å². The van der Waals surface area contributed by atoms with Crippen LogP contribution >= 0.6 is 0 Å². The number of hydrogen-bond acceptors (Lipinski definition) is 3. The minimum absolute atomic E-state index is 0.130. The van der Waals surface area contributed by atoms with E-state index in [1.807, 2.05) is 6.07 Å². The number of nitrogens with one attached hydrogen (secondary N) is 1. The first-order valence-corrected chi connectivity index (χ1v) is 8.05. The van der Waals surface area contributed by atoms with Gasteiger partial charge < -0.3 is 15.0 Å². The molecule has 1 N–H and O–H groups in total. The number of rotatable bonds is 6. The van der Waals surface area contributed by atoms with Crippen molar-refractivity contribution in [1.82, 2.24) is 5.32 Å². The molecule has 0 amide bonds. The van der Waals surface area contributed by atoms with Crippen LogP contribution in [0.15, 0.2) is 18.2 Å². The SMILES string of the molecule is CCCNC(C)c1cccc(F)c1N1CCOC(CC)C1. The van der Waals surface area contributed by atoms with Crippen molar-refractivity contribution in [3.8, 4) is 0 Å². The fourth-order valence-corrected chi connectivity index (χ4v) is 2.86. The Bertz CT molecular complexity index is 452. The van der Waals surface area contributed by atoms with Gasteiger partial charge in [0.1, 0.15) is 5.82 Å². The zero-order valence-electron chi connectivity index (χ0n) is 13.4. The molecule has 1 fully saturated rings. The van der Waals surface area contributed by atoms with Gasteiger partial charge in [0, 0.05) is 19.1 Å². The third-order valence-corrected chi connectivity index (χ3v) is 4.10. The van der Waals surface area contributed by atoms with Crippen molar-refractivity contribution >= 4 is 5.69 Å². The Morgan fingerprint density at radius 1 is 1.43 bits per heavy atom. The molecule has 1 heterocycles. The Hall–Kier alpha value is -1.13. The Labute approximate surface area is 127 Å². The zero-order chi connectivity index (χ0) is 15.2. The van der Waals surface area contributed by atoms with Crippen LogP contribution < -0.4 is 10.2 Å². The molecule has 1 aromatic carbocycles. The molecule has 0 bridgehead atoms. The lowest BCUT2D eigenvalue weighted by Crippen LogP contribution is -2.43. The van der Waals surface area contributed by atoms with E-state index in [4.69, 9.17) is 4.74 Å². The van der Waals surface area contributed by atoms with Crippen molar-refractivity contribution in [2.24, 2.45) is 0 Å². The van der Waals surface area contributed by atoms with Gasteiger partial charge in [-0.15, -0.1) is 0 Å². The summed E-state index contributed by atoms with van der Waals surface area (Å²) in [6.07, 6.45) is 2.24. The molecule has 21 heavy (non-hydrogen) atoms. The summed E-state index contributed by atoms with van der Waals surface area (Å²) in [5, 5.41) is 3.46. The van der Waals surface area contributed by atoms with Crippen molar-refractivity contribution in [2.45, 2.75) is 45.8 Å². The number of nitrogens with zero attached hydrogens (tertiary/aromatic N) is 1. The largest absolute Gasteiger partial charge is 0.375 e. The van der Waals surface area contributed by atoms with E-state index >= 15 is 0 Å². The molecule has 4 heteroatoms. The van der Waals surface area contributed by atoms with E-state index in [1.54, 1.807) is 12.1 Å². The summed E-state index contributed by atoms with van der Waals surface area (Å²) in [5.74, 6) is -0.130. The predicted octanol–water partition coefficient (Wildman–Crippen LogP) is 3.50. The average molecular weight is 294 g/mol. The lowest BCUT2D eigenvalue weighted by Gasteiger charge is -2.36. The van der Waals surface area contributed by atoms with Crippen LogP contribution in [0.4, 0.5) is 10.1 Å². The minimum Gasteiger partial charge on any atom is -0.375 e. The predicted molar refractivity (Wildman–Crippen MR) is 85.4 cm³/mol. The third-order valence-electron chi connectivity index (χ3n) is 4.10. The summed E-state index contributed by atoms with van der Waals surface area (Å²) in [4.78, 5) is 2.15. The molecular weight excluding hydrogens is 267 g/mol. The Kier molecular flexibility index (Phi) is 6.00. The van der Waals surface area contributed by atoms with Gasteiger partial charge in [-0.25, -0.2) is 4.39 Å². The van der Waals surface area contributed by atoms with E-state index in [0.29, 0.717) is 6.61 Å². The summed E-state index contributed by atoms with van der Waals surface area (Å²) in [7, 11) is 0. The van der Waals surface area contributed by atoms with Crippen LogP contribution in [-0.4, -0.2) is 32.3 Å². The second kappa shape index (κ2) is 7.76. The quantitative estimate of drug-likeness (QED) is 0.869. The third kappa shape index (κ3) is 3.95. The fraction of sp³-hybridized carbons (Fsp3) is 0.647. The Morgan fingerprint density at radius 3 is 2.95 bits per heavy atom. The van der Waals surface area contributed by atoms with E-state index in [-0.39, 0.29) is 18.0 Å². The number of benzene rings is 1. The van der Waals surface area contributed by atoms with Gasteiger partial charge in [0.2, 0.25) is 0 Å². The zero-order valence-corrected chi connectivity index (χ0v) is 13.4. The molecule has 0 radical (unpaired) electrons. The normalized spacial score (nSPS) is 20.6. The molecule has 2 atom stereocenters. The van der Waals surface area contributed by atoms with Gasteiger partial charge in [0.05, 0.1) is 18.4 Å². The average Bonchev–Trinajstić information content (AvgIpc) is 2.52. The minimum atomic E-state index is -0.130. The summed E-state index contributed by atoms with van der Waals surface area (Å²) in [6.45, 7) is 9.49. The maximum Gasteiger partial charge on any atom is 0.146 e. The van der Waals surface area contributed by atoms with E-state index in [9.17, 15) is 4.39 Å². The summed E-state index contributed by atoms with van der Waals surface area (Å²) < 4.78 is 20.1. The van der Waals surface area contributed by atoms with Crippen LogP contribution in [0.1, 0.15) is 45.2 Å². The first kappa shape index (κ1) is 16.2. The highest BCUT2D eigenvalue weighted by molar-refractivity contribution is 5.56. The maximum absolute atomic E-state index is 14.4.